The Labute approximate surface area is 215 Å². The zero-order valence-electron chi connectivity index (χ0n) is 21.9. The predicted molar refractivity (Wildman–Crippen MR) is 134 cm³/mol. The number of unbranched alkanes of at least 4 members (excludes halogenated alkanes) is 6. The molecule has 10 heteroatoms. The number of imide groups is 1. The largest absolute Gasteiger partial charge is 0.463 e. The molecule has 10 nitrogen and oxygen atoms in total. The average molecular weight is 516 g/mol. The van der Waals surface area contributed by atoms with Gasteiger partial charge in [-0.3, -0.25) is 19.3 Å². The van der Waals surface area contributed by atoms with Crippen LogP contribution in [0.4, 0.5) is 0 Å². The predicted octanol–water partition coefficient (Wildman–Crippen LogP) is 2.68. The van der Waals surface area contributed by atoms with Crippen molar-refractivity contribution in [1.29, 1.82) is 0 Å². The molecule has 1 heterocycles. The van der Waals surface area contributed by atoms with Crippen LogP contribution in [0.2, 0.25) is 0 Å². The second kappa shape index (κ2) is 23.5. The Hall–Kier alpha value is -1.85. The Morgan fingerprint density at radius 1 is 0.611 bits per heavy atom. The average Bonchev–Trinajstić information content (AvgIpc) is 3.19. The van der Waals surface area contributed by atoms with E-state index in [-0.39, 0.29) is 37.5 Å². The molecule has 0 spiro atoms. The quantitative estimate of drug-likeness (QED) is 0.0975. The van der Waals surface area contributed by atoms with Crippen LogP contribution in [0.25, 0.3) is 0 Å². The van der Waals surface area contributed by atoms with E-state index in [2.05, 4.69) is 6.92 Å². The Kier molecular flexibility index (Phi) is 21.0. The maximum Gasteiger partial charge on any atom is 0.305 e. The molecular formula is C26H45NO9. The van der Waals surface area contributed by atoms with Crippen molar-refractivity contribution in [2.24, 2.45) is 0 Å². The van der Waals surface area contributed by atoms with Crippen molar-refractivity contribution >= 4 is 17.8 Å². The van der Waals surface area contributed by atoms with Gasteiger partial charge in [-0.15, -0.1) is 0 Å². The van der Waals surface area contributed by atoms with E-state index in [1.165, 1.54) is 44.3 Å². The highest BCUT2D eigenvalue weighted by molar-refractivity contribution is 6.12. The first kappa shape index (κ1) is 32.2. The molecule has 0 aliphatic carbocycles. The van der Waals surface area contributed by atoms with Crippen LogP contribution < -0.4 is 0 Å². The third kappa shape index (κ3) is 18.4. The lowest BCUT2D eigenvalue weighted by molar-refractivity contribution is -0.145. The van der Waals surface area contributed by atoms with Gasteiger partial charge in [0.15, 0.2) is 0 Å². The van der Waals surface area contributed by atoms with E-state index in [0.29, 0.717) is 65.9 Å². The summed E-state index contributed by atoms with van der Waals surface area (Å²) in [6, 6.07) is 0. The van der Waals surface area contributed by atoms with Gasteiger partial charge >= 0.3 is 5.97 Å². The Morgan fingerprint density at radius 2 is 1.03 bits per heavy atom. The summed E-state index contributed by atoms with van der Waals surface area (Å²) in [5.74, 6) is -0.761. The normalized spacial score (nSPS) is 13.2. The number of hydrogen-bond acceptors (Lipinski definition) is 9. The van der Waals surface area contributed by atoms with Crippen molar-refractivity contribution in [2.75, 3.05) is 79.2 Å². The van der Waals surface area contributed by atoms with Crippen molar-refractivity contribution in [2.45, 2.75) is 58.3 Å². The zero-order chi connectivity index (χ0) is 26.1. The minimum absolute atomic E-state index is 0.150. The Bertz CT molecular complexity index is 594. The molecule has 0 atom stereocenters. The van der Waals surface area contributed by atoms with Crippen LogP contribution in [0.15, 0.2) is 12.2 Å². The van der Waals surface area contributed by atoms with E-state index >= 15 is 0 Å². The van der Waals surface area contributed by atoms with E-state index in [4.69, 9.17) is 28.4 Å². The third-order valence-electron chi connectivity index (χ3n) is 5.32. The topological polar surface area (TPSA) is 110 Å². The fourth-order valence-electron chi connectivity index (χ4n) is 3.30. The van der Waals surface area contributed by atoms with Crippen molar-refractivity contribution in [1.82, 2.24) is 4.90 Å². The number of carbonyl (C=O) groups is 3. The van der Waals surface area contributed by atoms with Gasteiger partial charge in [0.05, 0.1) is 72.6 Å². The first-order chi connectivity index (χ1) is 17.6. The number of carbonyl (C=O) groups excluding carboxylic acids is 3. The number of esters is 1. The summed E-state index contributed by atoms with van der Waals surface area (Å²) < 4.78 is 32.1. The number of amides is 2. The SMILES string of the molecule is CCCCCCCCCC(=O)OCCOCCOCCOCCOCCOCCN1C(=O)C=CC1=O. The maximum atomic E-state index is 11.6. The summed E-state index contributed by atoms with van der Waals surface area (Å²) in [6.07, 6.45) is 11.3. The van der Waals surface area contributed by atoms with Gasteiger partial charge in [0.2, 0.25) is 0 Å². The van der Waals surface area contributed by atoms with Crippen LogP contribution in [0.1, 0.15) is 58.3 Å². The number of rotatable bonds is 26. The number of hydrogen-bond donors (Lipinski definition) is 0. The van der Waals surface area contributed by atoms with Crippen LogP contribution in [-0.4, -0.2) is 102 Å². The second-order valence-electron chi connectivity index (χ2n) is 8.32. The summed E-state index contributed by atoms with van der Waals surface area (Å²) in [5.41, 5.74) is 0. The standard InChI is InChI=1S/C26H45NO9/c1-2-3-4-5-6-7-8-9-26(30)36-23-22-35-21-20-34-19-18-33-17-16-32-15-14-31-13-12-27-24(28)10-11-25(27)29/h10-11H,2-9,12-23H2,1H3. The molecule has 0 saturated heterocycles. The monoisotopic (exact) mass is 515 g/mol. The molecule has 0 radical (unpaired) electrons. The minimum Gasteiger partial charge on any atom is -0.463 e. The smallest absolute Gasteiger partial charge is 0.305 e. The lowest BCUT2D eigenvalue weighted by Crippen LogP contribution is -2.33. The summed E-state index contributed by atoms with van der Waals surface area (Å²) in [7, 11) is 0. The maximum absolute atomic E-state index is 11.6. The minimum atomic E-state index is -0.305. The summed E-state index contributed by atoms with van der Waals surface area (Å²) in [5, 5.41) is 0. The fraction of sp³-hybridized carbons (Fsp3) is 0.808. The molecule has 0 N–H and O–H groups in total. The fourth-order valence-corrected chi connectivity index (χ4v) is 3.30. The lowest BCUT2D eigenvalue weighted by Gasteiger charge is -2.13. The highest BCUT2D eigenvalue weighted by atomic mass is 16.6. The third-order valence-corrected chi connectivity index (χ3v) is 5.32. The second-order valence-corrected chi connectivity index (χ2v) is 8.32. The molecule has 0 unspecified atom stereocenters. The van der Waals surface area contributed by atoms with Gasteiger partial charge in [-0.2, -0.15) is 0 Å². The molecule has 0 aromatic heterocycles. The highest BCUT2D eigenvalue weighted by Gasteiger charge is 2.22. The first-order valence-electron chi connectivity index (χ1n) is 13.2. The van der Waals surface area contributed by atoms with E-state index in [1.807, 2.05) is 0 Å². The molecule has 208 valence electrons. The van der Waals surface area contributed by atoms with Gasteiger partial charge in [-0.25, -0.2) is 0 Å². The van der Waals surface area contributed by atoms with Gasteiger partial charge in [-0.05, 0) is 6.42 Å². The van der Waals surface area contributed by atoms with E-state index in [9.17, 15) is 14.4 Å². The van der Waals surface area contributed by atoms with E-state index in [0.717, 1.165) is 17.7 Å². The number of ether oxygens (including phenoxy) is 6. The van der Waals surface area contributed by atoms with Crippen LogP contribution in [0.3, 0.4) is 0 Å². The Balaban J connectivity index is 1.70. The molecule has 0 fully saturated rings. The van der Waals surface area contributed by atoms with Gasteiger partial charge in [0.1, 0.15) is 6.61 Å². The van der Waals surface area contributed by atoms with E-state index < -0.39 is 0 Å². The highest BCUT2D eigenvalue weighted by Crippen LogP contribution is 2.08. The first-order valence-corrected chi connectivity index (χ1v) is 13.2. The molecular weight excluding hydrogens is 470 g/mol. The van der Waals surface area contributed by atoms with E-state index in [1.54, 1.807) is 0 Å². The zero-order valence-corrected chi connectivity index (χ0v) is 21.9. The molecule has 1 aliphatic rings. The summed E-state index contributed by atoms with van der Waals surface area (Å²) >= 11 is 0. The van der Waals surface area contributed by atoms with Gasteiger partial charge in [-0.1, -0.05) is 45.4 Å². The van der Waals surface area contributed by atoms with Crippen LogP contribution in [0, 0.1) is 0 Å². The molecule has 36 heavy (non-hydrogen) atoms. The molecule has 0 aromatic rings. The lowest BCUT2D eigenvalue weighted by atomic mass is 10.1. The summed E-state index contributed by atoms with van der Waals surface area (Å²) in [4.78, 5) is 35.5. The molecule has 0 aromatic carbocycles. The van der Waals surface area contributed by atoms with Crippen molar-refractivity contribution < 1.29 is 42.8 Å². The van der Waals surface area contributed by atoms with Crippen LogP contribution >= 0.6 is 0 Å². The van der Waals surface area contributed by atoms with Crippen molar-refractivity contribution in [3.63, 3.8) is 0 Å². The summed E-state index contributed by atoms with van der Waals surface area (Å²) in [6.45, 7) is 6.87. The number of nitrogens with zero attached hydrogens (tertiary/aromatic N) is 1. The molecule has 0 saturated carbocycles. The molecule has 1 rings (SSSR count). The van der Waals surface area contributed by atoms with Gasteiger partial charge in [0, 0.05) is 18.6 Å². The molecule has 0 bridgehead atoms. The molecule has 1 aliphatic heterocycles. The van der Waals surface area contributed by atoms with Crippen molar-refractivity contribution in [3.05, 3.63) is 12.2 Å². The van der Waals surface area contributed by atoms with Gasteiger partial charge in [0.25, 0.3) is 11.8 Å². The van der Waals surface area contributed by atoms with Crippen molar-refractivity contribution in [3.8, 4) is 0 Å². The molecule has 2 amide bonds. The Morgan fingerprint density at radius 3 is 1.53 bits per heavy atom. The van der Waals surface area contributed by atoms with Crippen LogP contribution in [-0.2, 0) is 42.8 Å². The van der Waals surface area contributed by atoms with Gasteiger partial charge < -0.3 is 28.4 Å². The van der Waals surface area contributed by atoms with Crippen LogP contribution in [0.5, 0.6) is 0 Å².